The lowest BCUT2D eigenvalue weighted by Crippen LogP contribution is -2.03. The van der Waals surface area contributed by atoms with E-state index in [1.54, 1.807) is 11.8 Å². The van der Waals surface area contributed by atoms with Crippen LogP contribution < -0.4 is 0 Å². The summed E-state index contributed by atoms with van der Waals surface area (Å²) in [5.74, 6) is 0.715. The number of hydrogen-bond donors (Lipinski definition) is 1. The number of aliphatic hydroxyl groups excluding tert-OH is 1. The van der Waals surface area contributed by atoms with Gasteiger partial charge in [0.05, 0.1) is 11.0 Å². The molecule has 1 aliphatic heterocycles. The van der Waals surface area contributed by atoms with Crippen LogP contribution in [0.25, 0.3) is 11.0 Å². The fraction of sp³-hybridized carbons (Fsp3) is 0.222. The lowest BCUT2D eigenvalue weighted by atomic mass is 10.3. The van der Waals surface area contributed by atoms with Crippen LogP contribution in [0.4, 0.5) is 0 Å². The summed E-state index contributed by atoms with van der Waals surface area (Å²) in [4.78, 5) is 4.41. The molecule has 1 aromatic carbocycles. The number of thioether (sulfide) groups is 1. The first-order chi connectivity index (χ1) is 6.36. The van der Waals surface area contributed by atoms with Gasteiger partial charge in [0, 0.05) is 5.75 Å². The van der Waals surface area contributed by atoms with E-state index < -0.39 is 6.23 Å². The molecule has 3 rings (SSSR count). The normalized spacial score (nSPS) is 20.8. The van der Waals surface area contributed by atoms with Gasteiger partial charge in [-0.2, -0.15) is 0 Å². The van der Waals surface area contributed by atoms with Gasteiger partial charge < -0.3 is 5.11 Å². The molecule has 0 saturated carbocycles. The summed E-state index contributed by atoms with van der Waals surface area (Å²) >= 11 is 1.60. The van der Waals surface area contributed by atoms with E-state index in [-0.39, 0.29) is 0 Å². The van der Waals surface area contributed by atoms with Gasteiger partial charge in [0.15, 0.2) is 5.16 Å². The Balaban J connectivity index is 2.40. The van der Waals surface area contributed by atoms with E-state index >= 15 is 0 Å². The van der Waals surface area contributed by atoms with Gasteiger partial charge in [-0.05, 0) is 12.1 Å². The smallest absolute Gasteiger partial charge is 0.171 e. The molecule has 0 amide bonds. The minimum atomic E-state index is -0.410. The average Bonchev–Trinajstić information content (AvgIpc) is 2.66. The van der Waals surface area contributed by atoms with Crippen molar-refractivity contribution in [2.45, 2.75) is 11.4 Å². The molecule has 66 valence electrons. The number of aromatic nitrogens is 2. The molecular weight excluding hydrogens is 184 g/mol. The van der Waals surface area contributed by atoms with Gasteiger partial charge >= 0.3 is 0 Å². The molecule has 0 radical (unpaired) electrons. The number of imidazole rings is 1. The van der Waals surface area contributed by atoms with E-state index in [0.717, 1.165) is 16.2 Å². The molecule has 13 heavy (non-hydrogen) atoms. The summed E-state index contributed by atoms with van der Waals surface area (Å²) in [6.07, 6.45) is -0.410. The largest absolute Gasteiger partial charge is 0.372 e. The molecule has 4 heteroatoms. The number of fused-ring (bicyclic) bond motifs is 3. The molecule has 0 saturated heterocycles. The molecule has 2 heterocycles. The van der Waals surface area contributed by atoms with Gasteiger partial charge in [0.1, 0.15) is 6.23 Å². The standard InChI is InChI=1S/C9H8N2OS/c12-8-5-13-9-10-6-3-1-2-4-7(6)11(8)9/h1-4,8,12H,5H2/t8-/m1/s1. The summed E-state index contributed by atoms with van der Waals surface area (Å²) in [5.41, 5.74) is 1.98. The van der Waals surface area contributed by atoms with Gasteiger partial charge in [-0.3, -0.25) is 4.57 Å². The second-order valence-corrected chi connectivity index (χ2v) is 4.03. The van der Waals surface area contributed by atoms with Gasteiger partial charge in [0.25, 0.3) is 0 Å². The van der Waals surface area contributed by atoms with E-state index in [1.807, 2.05) is 28.8 Å². The highest BCUT2D eigenvalue weighted by molar-refractivity contribution is 7.99. The lowest BCUT2D eigenvalue weighted by molar-refractivity contribution is 0.132. The van der Waals surface area contributed by atoms with E-state index in [4.69, 9.17) is 0 Å². The summed E-state index contributed by atoms with van der Waals surface area (Å²) in [7, 11) is 0. The Morgan fingerprint density at radius 3 is 3.23 bits per heavy atom. The summed E-state index contributed by atoms with van der Waals surface area (Å²) < 4.78 is 1.89. The number of hydrogen-bond acceptors (Lipinski definition) is 3. The van der Waals surface area contributed by atoms with Crippen LogP contribution in [0, 0.1) is 0 Å². The molecule has 3 nitrogen and oxygen atoms in total. The summed E-state index contributed by atoms with van der Waals surface area (Å²) in [6, 6.07) is 7.88. The van der Waals surface area contributed by atoms with Gasteiger partial charge in [-0.15, -0.1) is 0 Å². The number of para-hydroxylation sites is 2. The second-order valence-electron chi connectivity index (χ2n) is 3.04. The van der Waals surface area contributed by atoms with Gasteiger partial charge in [-0.25, -0.2) is 4.98 Å². The summed E-state index contributed by atoms with van der Waals surface area (Å²) in [6.45, 7) is 0. The zero-order valence-corrected chi connectivity index (χ0v) is 7.66. The predicted molar refractivity (Wildman–Crippen MR) is 51.7 cm³/mol. The molecule has 0 aliphatic carbocycles. The Morgan fingerprint density at radius 1 is 1.46 bits per heavy atom. The Kier molecular flexibility index (Phi) is 1.42. The molecule has 0 bridgehead atoms. The van der Waals surface area contributed by atoms with Crippen LogP contribution >= 0.6 is 11.8 Å². The maximum Gasteiger partial charge on any atom is 0.171 e. The maximum absolute atomic E-state index is 9.67. The first-order valence-corrected chi connectivity index (χ1v) is 5.12. The van der Waals surface area contributed by atoms with Gasteiger partial charge in [-0.1, -0.05) is 23.9 Å². The van der Waals surface area contributed by atoms with Crippen LogP contribution in [0.5, 0.6) is 0 Å². The van der Waals surface area contributed by atoms with Crippen molar-refractivity contribution in [3.8, 4) is 0 Å². The average molecular weight is 192 g/mol. The fourth-order valence-electron chi connectivity index (χ4n) is 1.64. The van der Waals surface area contributed by atoms with Crippen molar-refractivity contribution in [3.05, 3.63) is 24.3 Å². The zero-order valence-electron chi connectivity index (χ0n) is 6.84. The number of nitrogens with zero attached hydrogens (tertiary/aromatic N) is 2. The highest BCUT2D eigenvalue weighted by atomic mass is 32.2. The van der Waals surface area contributed by atoms with E-state index in [9.17, 15) is 5.11 Å². The van der Waals surface area contributed by atoms with E-state index in [1.165, 1.54) is 0 Å². The maximum atomic E-state index is 9.67. The van der Waals surface area contributed by atoms with Crippen molar-refractivity contribution in [1.82, 2.24) is 9.55 Å². The minimum Gasteiger partial charge on any atom is -0.372 e. The van der Waals surface area contributed by atoms with Crippen molar-refractivity contribution in [2.24, 2.45) is 0 Å². The molecule has 0 spiro atoms. The molecule has 0 fully saturated rings. The third-order valence-electron chi connectivity index (χ3n) is 2.22. The topological polar surface area (TPSA) is 38.1 Å². The van der Waals surface area contributed by atoms with Crippen molar-refractivity contribution >= 4 is 22.8 Å². The van der Waals surface area contributed by atoms with E-state index in [0.29, 0.717) is 5.75 Å². The van der Waals surface area contributed by atoms with Crippen LogP contribution in [0.1, 0.15) is 6.23 Å². The molecule has 0 unspecified atom stereocenters. The van der Waals surface area contributed by atoms with Crippen LogP contribution in [-0.4, -0.2) is 20.4 Å². The van der Waals surface area contributed by atoms with Crippen LogP contribution in [-0.2, 0) is 0 Å². The second kappa shape index (κ2) is 2.49. The van der Waals surface area contributed by atoms with Crippen molar-refractivity contribution < 1.29 is 5.11 Å². The highest BCUT2D eigenvalue weighted by Crippen LogP contribution is 2.34. The Bertz CT molecular complexity index is 466. The molecular formula is C9H8N2OS. The Labute approximate surface area is 79.4 Å². The van der Waals surface area contributed by atoms with Crippen molar-refractivity contribution in [1.29, 1.82) is 0 Å². The SMILES string of the molecule is O[C@@H]1CSc2nc3ccccc3n21. The van der Waals surface area contributed by atoms with Gasteiger partial charge in [0.2, 0.25) is 0 Å². The Morgan fingerprint density at radius 2 is 2.31 bits per heavy atom. The number of rotatable bonds is 0. The van der Waals surface area contributed by atoms with Crippen LogP contribution in [0.3, 0.4) is 0 Å². The predicted octanol–water partition coefficient (Wildman–Crippen LogP) is 1.63. The summed E-state index contributed by atoms with van der Waals surface area (Å²) in [5, 5.41) is 10.6. The first-order valence-electron chi connectivity index (χ1n) is 4.14. The van der Waals surface area contributed by atoms with E-state index in [2.05, 4.69) is 4.98 Å². The van der Waals surface area contributed by atoms with Crippen molar-refractivity contribution in [2.75, 3.05) is 5.75 Å². The minimum absolute atomic E-state index is 0.410. The Hall–Kier alpha value is -1.00. The third-order valence-corrected chi connectivity index (χ3v) is 3.23. The monoisotopic (exact) mass is 192 g/mol. The molecule has 1 aliphatic rings. The lowest BCUT2D eigenvalue weighted by Gasteiger charge is -2.04. The van der Waals surface area contributed by atoms with Crippen molar-refractivity contribution in [3.63, 3.8) is 0 Å². The highest BCUT2D eigenvalue weighted by Gasteiger charge is 2.23. The molecule has 1 aromatic heterocycles. The zero-order chi connectivity index (χ0) is 8.84. The number of aliphatic hydroxyl groups is 1. The molecule has 2 aromatic rings. The third kappa shape index (κ3) is 0.927. The fourth-order valence-corrected chi connectivity index (χ4v) is 2.61. The first kappa shape index (κ1) is 7.41. The molecule has 1 atom stereocenters. The quantitative estimate of drug-likeness (QED) is 0.689. The molecule has 1 N–H and O–H groups in total. The van der Waals surface area contributed by atoms with Crippen LogP contribution in [0.2, 0.25) is 0 Å². The number of benzene rings is 1. The van der Waals surface area contributed by atoms with Crippen LogP contribution in [0.15, 0.2) is 29.4 Å².